The summed E-state index contributed by atoms with van der Waals surface area (Å²) in [5, 5.41) is 9.35. The third-order valence-corrected chi connectivity index (χ3v) is 3.81. The van der Waals surface area contributed by atoms with Crippen molar-refractivity contribution in [3.63, 3.8) is 0 Å². The molecule has 3 nitrogen and oxygen atoms in total. The number of aliphatic hydroxyl groups is 1. The zero-order valence-electron chi connectivity index (χ0n) is 10.9. The number of halogens is 2. The molecule has 0 aliphatic rings. The average Bonchev–Trinajstić information content (AvgIpc) is 2.46. The van der Waals surface area contributed by atoms with Crippen molar-refractivity contribution in [3.05, 3.63) is 56.5 Å². The second-order valence-electron chi connectivity index (χ2n) is 4.16. The maximum absolute atomic E-state index is 9.35. The molecule has 0 unspecified atom stereocenters. The molecule has 0 atom stereocenters. The van der Waals surface area contributed by atoms with Crippen molar-refractivity contribution < 1.29 is 14.6 Å². The van der Waals surface area contributed by atoms with E-state index in [-0.39, 0.29) is 6.61 Å². The molecule has 0 saturated carbocycles. The monoisotopic (exact) mass is 400 g/mol. The Morgan fingerprint density at radius 2 is 1.55 bits per heavy atom. The van der Waals surface area contributed by atoms with Gasteiger partial charge in [-0.2, -0.15) is 0 Å². The lowest BCUT2D eigenvalue weighted by Gasteiger charge is -2.13. The van der Waals surface area contributed by atoms with Crippen LogP contribution in [-0.4, -0.2) is 12.2 Å². The van der Waals surface area contributed by atoms with Gasteiger partial charge in [0.15, 0.2) is 0 Å². The molecule has 2 aromatic rings. The summed E-state index contributed by atoms with van der Waals surface area (Å²) in [4.78, 5) is 0. The first-order chi connectivity index (χ1) is 9.63. The highest BCUT2D eigenvalue weighted by molar-refractivity contribution is 9.10. The second kappa shape index (κ2) is 7.11. The zero-order valence-corrected chi connectivity index (χ0v) is 14.1. The molecule has 0 heterocycles. The number of hydrogen-bond acceptors (Lipinski definition) is 3. The maximum atomic E-state index is 9.35. The van der Waals surface area contributed by atoms with Gasteiger partial charge < -0.3 is 14.6 Å². The molecule has 0 spiro atoms. The van der Waals surface area contributed by atoms with E-state index >= 15 is 0 Å². The molecule has 0 bridgehead atoms. The van der Waals surface area contributed by atoms with Gasteiger partial charge in [0.2, 0.25) is 0 Å². The summed E-state index contributed by atoms with van der Waals surface area (Å²) in [5.41, 5.74) is 1.68. The third-order valence-electron chi connectivity index (χ3n) is 2.82. The predicted molar refractivity (Wildman–Crippen MR) is 85.1 cm³/mol. The van der Waals surface area contributed by atoms with Crippen LogP contribution in [0.25, 0.3) is 0 Å². The summed E-state index contributed by atoms with van der Waals surface area (Å²) < 4.78 is 13.0. The fourth-order valence-electron chi connectivity index (χ4n) is 1.83. The molecule has 0 aliphatic carbocycles. The first-order valence-electron chi connectivity index (χ1n) is 5.98. The van der Waals surface area contributed by atoms with Crippen molar-refractivity contribution in [2.75, 3.05) is 7.11 Å². The van der Waals surface area contributed by atoms with Crippen molar-refractivity contribution in [3.8, 4) is 11.5 Å². The Kier molecular flexibility index (Phi) is 5.46. The largest absolute Gasteiger partial charge is 0.496 e. The van der Waals surface area contributed by atoms with Crippen LogP contribution in [0.2, 0.25) is 0 Å². The summed E-state index contributed by atoms with van der Waals surface area (Å²) in [5.74, 6) is 1.44. The molecule has 0 aliphatic heterocycles. The van der Waals surface area contributed by atoms with Crippen molar-refractivity contribution in [1.82, 2.24) is 0 Å². The zero-order chi connectivity index (χ0) is 14.5. The van der Waals surface area contributed by atoms with Crippen molar-refractivity contribution >= 4 is 31.9 Å². The van der Waals surface area contributed by atoms with Crippen LogP contribution in [0.5, 0.6) is 11.5 Å². The molecule has 2 rings (SSSR count). The van der Waals surface area contributed by atoms with Crippen LogP contribution in [0.1, 0.15) is 11.1 Å². The number of hydrogen-bond donors (Lipinski definition) is 1. The van der Waals surface area contributed by atoms with Crippen molar-refractivity contribution in [2.45, 2.75) is 13.2 Å². The van der Waals surface area contributed by atoms with Gasteiger partial charge in [0, 0.05) is 20.1 Å². The number of methoxy groups -OCH3 is 1. The highest BCUT2D eigenvalue weighted by Gasteiger charge is 2.08. The first kappa shape index (κ1) is 15.4. The number of benzene rings is 2. The fourth-order valence-corrected chi connectivity index (χ4v) is 2.64. The second-order valence-corrected chi connectivity index (χ2v) is 5.99. The summed E-state index contributed by atoms with van der Waals surface area (Å²) in [6.07, 6.45) is 0. The van der Waals surface area contributed by atoms with Gasteiger partial charge >= 0.3 is 0 Å². The lowest BCUT2D eigenvalue weighted by Crippen LogP contribution is -2.01. The molecule has 0 amide bonds. The maximum Gasteiger partial charge on any atom is 0.125 e. The minimum atomic E-state index is -0.0651. The van der Waals surface area contributed by atoms with E-state index < -0.39 is 0 Å². The summed E-state index contributed by atoms with van der Waals surface area (Å²) in [6.45, 7) is 0.307. The Hall–Kier alpha value is -1.04. The predicted octanol–water partition coefficient (Wildman–Crippen LogP) is 4.29. The van der Waals surface area contributed by atoms with Crippen LogP contribution >= 0.6 is 31.9 Å². The molecule has 106 valence electrons. The standard InChI is InChI=1S/C15H14Br2O3/c1-19-14-4-2-13(17)7-11(14)9-20-15-5-3-12(16)6-10(15)8-18/h2-7,18H,8-9H2,1H3. The molecular formula is C15H14Br2O3. The molecule has 5 heteroatoms. The van der Waals surface area contributed by atoms with E-state index in [1.807, 2.05) is 36.4 Å². The molecule has 0 radical (unpaired) electrons. The molecule has 0 fully saturated rings. The molecular weight excluding hydrogens is 388 g/mol. The van der Waals surface area contributed by atoms with Gasteiger partial charge in [0.05, 0.1) is 13.7 Å². The Bertz CT molecular complexity index is 600. The number of ether oxygens (including phenoxy) is 2. The van der Waals surface area contributed by atoms with Crippen LogP contribution in [0, 0.1) is 0 Å². The van der Waals surface area contributed by atoms with Gasteiger partial charge in [-0.15, -0.1) is 0 Å². The topological polar surface area (TPSA) is 38.7 Å². The van der Waals surface area contributed by atoms with E-state index in [9.17, 15) is 5.11 Å². The third kappa shape index (κ3) is 3.75. The number of aliphatic hydroxyl groups excluding tert-OH is 1. The summed E-state index contributed by atoms with van der Waals surface area (Å²) in [7, 11) is 1.63. The van der Waals surface area contributed by atoms with E-state index in [1.165, 1.54) is 0 Å². The van der Waals surface area contributed by atoms with Gasteiger partial charge in [0.1, 0.15) is 18.1 Å². The van der Waals surface area contributed by atoms with Gasteiger partial charge in [-0.1, -0.05) is 31.9 Å². The minimum Gasteiger partial charge on any atom is -0.496 e. The molecule has 2 aromatic carbocycles. The smallest absolute Gasteiger partial charge is 0.125 e. The van der Waals surface area contributed by atoms with Crippen LogP contribution < -0.4 is 9.47 Å². The lowest BCUT2D eigenvalue weighted by atomic mass is 10.2. The average molecular weight is 402 g/mol. The SMILES string of the molecule is COc1ccc(Br)cc1COc1ccc(Br)cc1CO. The van der Waals surface area contributed by atoms with Gasteiger partial charge in [-0.3, -0.25) is 0 Å². The summed E-state index contributed by atoms with van der Waals surface area (Å²) >= 11 is 6.80. The Morgan fingerprint density at radius 1 is 0.950 bits per heavy atom. The first-order valence-corrected chi connectivity index (χ1v) is 7.57. The summed E-state index contributed by atoms with van der Waals surface area (Å²) in [6, 6.07) is 11.3. The van der Waals surface area contributed by atoms with Crippen LogP contribution in [-0.2, 0) is 13.2 Å². The highest BCUT2D eigenvalue weighted by Crippen LogP contribution is 2.27. The quantitative estimate of drug-likeness (QED) is 0.811. The Labute approximate surface area is 134 Å². The van der Waals surface area contributed by atoms with Gasteiger partial charge in [-0.05, 0) is 36.4 Å². The van der Waals surface area contributed by atoms with Crippen LogP contribution in [0.4, 0.5) is 0 Å². The van der Waals surface area contributed by atoms with E-state index in [0.717, 1.165) is 25.8 Å². The Morgan fingerprint density at radius 3 is 2.15 bits per heavy atom. The highest BCUT2D eigenvalue weighted by atomic mass is 79.9. The van der Waals surface area contributed by atoms with Crippen molar-refractivity contribution in [2.24, 2.45) is 0 Å². The molecule has 1 N–H and O–H groups in total. The fraction of sp³-hybridized carbons (Fsp3) is 0.200. The number of rotatable bonds is 5. The van der Waals surface area contributed by atoms with E-state index in [1.54, 1.807) is 7.11 Å². The van der Waals surface area contributed by atoms with Crippen LogP contribution in [0.15, 0.2) is 45.3 Å². The minimum absolute atomic E-state index is 0.0651. The lowest BCUT2D eigenvalue weighted by molar-refractivity contribution is 0.256. The van der Waals surface area contributed by atoms with Gasteiger partial charge in [0.25, 0.3) is 0 Å². The van der Waals surface area contributed by atoms with E-state index in [0.29, 0.717) is 12.4 Å². The molecule has 0 saturated heterocycles. The normalized spacial score (nSPS) is 10.4. The van der Waals surface area contributed by atoms with E-state index in [4.69, 9.17) is 9.47 Å². The molecule has 20 heavy (non-hydrogen) atoms. The van der Waals surface area contributed by atoms with Crippen LogP contribution in [0.3, 0.4) is 0 Å². The van der Waals surface area contributed by atoms with Crippen molar-refractivity contribution in [1.29, 1.82) is 0 Å². The Balaban J connectivity index is 2.18. The van der Waals surface area contributed by atoms with Gasteiger partial charge in [-0.25, -0.2) is 0 Å². The molecule has 0 aromatic heterocycles. The van der Waals surface area contributed by atoms with E-state index in [2.05, 4.69) is 31.9 Å².